The largest absolute Gasteiger partial charge is 0.398 e. The van der Waals surface area contributed by atoms with Gasteiger partial charge in [-0.2, -0.15) is 0 Å². The molecule has 1 heterocycles. The highest BCUT2D eigenvalue weighted by molar-refractivity contribution is 7.89. The Kier molecular flexibility index (Phi) is 4.06. The molecule has 1 saturated heterocycles. The number of halogens is 1. The van der Waals surface area contributed by atoms with Gasteiger partial charge in [0.1, 0.15) is 0 Å². The van der Waals surface area contributed by atoms with Crippen LogP contribution in [0.15, 0.2) is 17.0 Å². The summed E-state index contributed by atoms with van der Waals surface area (Å²) in [5.74, 6) is 0. The van der Waals surface area contributed by atoms with E-state index in [0.717, 1.165) is 13.0 Å². The first-order valence-electron chi connectivity index (χ1n) is 6.06. The number of hydrogen-bond acceptors (Lipinski definition) is 4. The third kappa shape index (κ3) is 3.20. The van der Waals surface area contributed by atoms with Crippen LogP contribution in [0.3, 0.4) is 0 Å². The summed E-state index contributed by atoms with van der Waals surface area (Å²) in [5.41, 5.74) is 6.84. The quantitative estimate of drug-likeness (QED) is 0.823. The number of nitrogen functional groups attached to an aromatic ring is 1. The number of nitrogens with one attached hydrogen (secondary N) is 1. The first kappa shape index (κ1) is 14.6. The molecule has 1 aliphatic rings. The Balaban J connectivity index is 2.25. The number of hydrogen-bond donors (Lipinski definition) is 2. The number of likely N-dealkylation sites (tertiary alicyclic amines) is 1. The Morgan fingerprint density at radius 2 is 2.16 bits per heavy atom. The molecule has 0 aliphatic carbocycles. The maximum Gasteiger partial charge on any atom is 0.240 e. The van der Waals surface area contributed by atoms with Crippen LogP contribution in [-0.4, -0.2) is 39.5 Å². The molecule has 1 unspecified atom stereocenters. The van der Waals surface area contributed by atoms with Crippen LogP contribution in [0.25, 0.3) is 0 Å². The lowest BCUT2D eigenvalue weighted by Gasteiger charge is -2.14. The van der Waals surface area contributed by atoms with Gasteiger partial charge in [0.2, 0.25) is 10.0 Å². The van der Waals surface area contributed by atoms with E-state index in [1.54, 1.807) is 6.92 Å². The van der Waals surface area contributed by atoms with Crippen molar-refractivity contribution in [1.29, 1.82) is 0 Å². The summed E-state index contributed by atoms with van der Waals surface area (Å²) in [6, 6.07) is 2.83. The van der Waals surface area contributed by atoms with Gasteiger partial charge in [-0.15, -0.1) is 0 Å². The van der Waals surface area contributed by atoms with E-state index in [1.807, 2.05) is 7.05 Å². The monoisotopic (exact) mass is 303 g/mol. The van der Waals surface area contributed by atoms with E-state index in [4.69, 9.17) is 17.3 Å². The Labute approximate surface area is 118 Å². The molecule has 1 aromatic carbocycles. The second-order valence-electron chi connectivity index (χ2n) is 4.99. The van der Waals surface area contributed by atoms with E-state index in [0.29, 0.717) is 22.8 Å². The average Bonchev–Trinajstić information content (AvgIpc) is 2.70. The second-order valence-corrected chi connectivity index (χ2v) is 7.11. The van der Waals surface area contributed by atoms with Crippen LogP contribution in [0.4, 0.5) is 5.69 Å². The molecule has 0 spiro atoms. The van der Waals surface area contributed by atoms with Crippen LogP contribution in [0.1, 0.15) is 12.0 Å². The zero-order valence-corrected chi connectivity index (χ0v) is 12.6. The lowest BCUT2D eigenvalue weighted by molar-refractivity contribution is 0.407. The topological polar surface area (TPSA) is 75.4 Å². The smallest absolute Gasteiger partial charge is 0.240 e. The van der Waals surface area contributed by atoms with Crippen LogP contribution in [0, 0.1) is 6.92 Å². The van der Waals surface area contributed by atoms with Crippen molar-refractivity contribution in [2.75, 3.05) is 25.9 Å². The molecule has 3 N–H and O–H groups in total. The maximum atomic E-state index is 12.3. The average molecular weight is 304 g/mol. The number of likely N-dealkylation sites (N-methyl/N-ethyl adjacent to an activating group) is 1. The van der Waals surface area contributed by atoms with Crippen LogP contribution in [0.5, 0.6) is 0 Å². The highest BCUT2D eigenvalue weighted by atomic mass is 35.5. The number of rotatable bonds is 3. The van der Waals surface area contributed by atoms with Crippen molar-refractivity contribution in [2.45, 2.75) is 24.3 Å². The summed E-state index contributed by atoms with van der Waals surface area (Å²) in [4.78, 5) is 2.21. The molecule has 2 rings (SSSR count). The van der Waals surface area contributed by atoms with E-state index in [1.165, 1.54) is 12.1 Å². The molecule has 1 aromatic rings. The van der Waals surface area contributed by atoms with Gasteiger partial charge in [-0.3, -0.25) is 0 Å². The van der Waals surface area contributed by atoms with Crippen LogP contribution in [-0.2, 0) is 10.0 Å². The fourth-order valence-electron chi connectivity index (χ4n) is 2.15. The Bertz CT molecular complexity index is 566. The van der Waals surface area contributed by atoms with E-state index in [2.05, 4.69) is 9.62 Å². The lowest BCUT2D eigenvalue weighted by Crippen LogP contribution is -2.36. The zero-order chi connectivity index (χ0) is 14.2. The molecular weight excluding hydrogens is 286 g/mol. The maximum absolute atomic E-state index is 12.3. The van der Waals surface area contributed by atoms with Gasteiger partial charge >= 0.3 is 0 Å². The zero-order valence-electron chi connectivity index (χ0n) is 11.0. The van der Waals surface area contributed by atoms with Crippen molar-refractivity contribution in [1.82, 2.24) is 9.62 Å². The number of anilines is 1. The van der Waals surface area contributed by atoms with Gasteiger partial charge < -0.3 is 10.6 Å². The normalized spacial score (nSPS) is 20.9. The third-order valence-corrected chi connectivity index (χ3v) is 5.27. The van der Waals surface area contributed by atoms with Gasteiger partial charge in [0.05, 0.1) is 4.90 Å². The second kappa shape index (κ2) is 5.28. The first-order chi connectivity index (χ1) is 8.79. The molecule has 19 heavy (non-hydrogen) atoms. The molecule has 7 heteroatoms. The van der Waals surface area contributed by atoms with Crippen molar-refractivity contribution < 1.29 is 8.42 Å². The van der Waals surface area contributed by atoms with Crippen LogP contribution in [0.2, 0.25) is 5.02 Å². The molecule has 1 fully saturated rings. The summed E-state index contributed by atoms with van der Waals surface area (Å²) < 4.78 is 27.2. The number of nitrogens with zero attached hydrogens (tertiary/aromatic N) is 1. The van der Waals surface area contributed by atoms with E-state index in [-0.39, 0.29) is 10.9 Å². The van der Waals surface area contributed by atoms with Gasteiger partial charge in [-0.05, 0) is 44.6 Å². The Morgan fingerprint density at radius 1 is 1.47 bits per heavy atom. The van der Waals surface area contributed by atoms with Crippen molar-refractivity contribution in [3.05, 3.63) is 22.7 Å². The number of sulfonamides is 1. The fourth-order valence-corrected chi connectivity index (χ4v) is 3.76. The van der Waals surface area contributed by atoms with Crippen LogP contribution >= 0.6 is 11.6 Å². The highest BCUT2D eigenvalue weighted by Gasteiger charge is 2.26. The minimum atomic E-state index is -3.57. The molecule has 0 bridgehead atoms. The van der Waals surface area contributed by atoms with Gasteiger partial charge in [0.15, 0.2) is 0 Å². The minimum absolute atomic E-state index is 0.0590. The Hall–Kier alpha value is -0.820. The third-order valence-electron chi connectivity index (χ3n) is 3.38. The number of nitrogens with two attached hydrogens (primary N) is 1. The molecular formula is C12H18ClN3O2S. The summed E-state index contributed by atoms with van der Waals surface area (Å²) in [7, 11) is -1.60. The van der Waals surface area contributed by atoms with Crippen molar-refractivity contribution >= 4 is 27.3 Å². The van der Waals surface area contributed by atoms with Crippen molar-refractivity contribution in [3.8, 4) is 0 Å². The SMILES string of the molecule is Cc1c(N)cc(S(=O)(=O)NC2CCN(C)C2)cc1Cl. The molecule has 1 aliphatic heterocycles. The van der Waals surface area contributed by atoms with Gasteiger partial charge in [-0.1, -0.05) is 11.6 Å². The molecule has 0 amide bonds. The van der Waals surface area contributed by atoms with Crippen molar-refractivity contribution in [2.24, 2.45) is 0 Å². The predicted octanol–water partition coefficient (Wildman–Crippen LogP) is 1.21. The Morgan fingerprint density at radius 3 is 2.68 bits per heavy atom. The molecule has 1 atom stereocenters. The van der Waals surface area contributed by atoms with E-state index in [9.17, 15) is 8.42 Å². The van der Waals surface area contributed by atoms with Gasteiger partial charge in [0, 0.05) is 23.3 Å². The number of benzene rings is 1. The molecule has 0 aromatic heterocycles. The first-order valence-corrected chi connectivity index (χ1v) is 7.92. The van der Waals surface area contributed by atoms with Crippen molar-refractivity contribution in [3.63, 3.8) is 0 Å². The standard InChI is InChI=1S/C12H18ClN3O2S/c1-8-11(13)5-10(6-12(8)14)19(17,18)15-9-3-4-16(2)7-9/h5-6,9,15H,3-4,7,14H2,1-2H3. The van der Waals surface area contributed by atoms with Gasteiger partial charge in [0.25, 0.3) is 0 Å². The highest BCUT2D eigenvalue weighted by Crippen LogP contribution is 2.26. The summed E-state index contributed by atoms with van der Waals surface area (Å²) in [6.45, 7) is 3.37. The van der Waals surface area contributed by atoms with Crippen LogP contribution < -0.4 is 10.5 Å². The molecule has 5 nitrogen and oxygen atoms in total. The fraction of sp³-hybridized carbons (Fsp3) is 0.500. The lowest BCUT2D eigenvalue weighted by atomic mass is 10.2. The van der Waals surface area contributed by atoms with E-state index >= 15 is 0 Å². The molecule has 106 valence electrons. The van der Waals surface area contributed by atoms with Gasteiger partial charge in [-0.25, -0.2) is 13.1 Å². The molecule has 0 saturated carbocycles. The minimum Gasteiger partial charge on any atom is -0.398 e. The summed E-state index contributed by atoms with van der Waals surface area (Å²) >= 11 is 5.98. The summed E-state index contributed by atoms with van der Waals surface area (Å²) in [5, 5.41) is 0.365. The summed E-state index contributed by atoms with van der Waals surface area (Å²) in [6.07, 6.45) is 0.810. The van der Waals surface area contributed by atoms with E-state index < -0.39 is 10.0 Å². The predicted molar refractivity (Wildman–Crippen MR) is 76.8 cm³/mol. The molecule has 0 radical (unpaired) electrons.